The molecule has 0 radical (unpaired) electrons. The van der Waals surface area contributed by atoms with Crippen molar-refractivity contribution in [3.63, 3.8) is 0 Å². The minimum atomic E-state index is -0.173. The molecule has 1 atom stereocenters. The predicted octanol–water partition coefficient (Wildman–Crippen LogP) is 2.34. The second-order valence-corrected chi connectivity index (χ2v) is 6.57. The van der Waals surface area contributed by atoms with E-state index in [4.69, 9.17) is 18.9 Å². The smallest absolute Gasteiger partial charge is 0.123 e. The molecule has 0 aliphatic carbocycles. The molecule has 1 aliphatic heterocycles. The largest absolute Gasteiger partial charge is 0.491 e. The van der Waals surface area contributed by atoms with E-state index in [0.717, 1.165) is 25.4 Å². The van der Waals surface area contributed by atoms with Crippen molar-refractivity contribution in [1.82, 2.24) is 4.90 Å². The maximum atomic E-state index is 6.08. The van der Waals surface area contributed by atoms with Crippen LogP contribution in [0.5, 0.6) is 5.75 Å². The Hall–Kier alpha value is -1.14. The first kappa shape index (κ1) is 18.2. The molecule has 1 aromatic carbocycles. The van der Waals surface area contributed by atoms with Crippen molar-refractivity contribution >= 4 is 0 Å². The van der Waals surface area contributed by atoms with Crippen LogP contribution in [-0.2, 0) is 20.8 Å². The van der Waals surface area contributed by atoms with E-state index >= 15 is 0 Å². The zero-order valence-electron chi connectivity index (χ0n) is 14.7. The van der Waals surface area contributed by atoms with Gasteiger partial charge in [0.25, 0.3) is 0 Å². The van der Waals surface area contributed by atoms with Crippen LogP contribution < -0.4 is 4.74 Å². The number of benzene rings is 1. The number of ether oxygens (including phenoxy) is 4. The highest BCUT2D eigenvalue weighted by Gasteiger charge is 2.33. The van der Waals surface area contributed by atoms with E-state index in [1.54, 1.807) is 14.2 Å². The van der Waals surface area contributed by atoms with Crippen molar-refractivity contribution in [2.24, 2.45) is 0 Å². The predicted molar refractivity (Wildman–Crippen MR) is 89.9 cm³/mol. The van der Waals surface area contributed by atoms with Gasteiger partial charge < -0.3 is 18.9 Å². The summed E-state index contributed by atoms with van der Waals surface area (Å²) in [5.41, 5.74) is 1.02. The molecule has 0 N–H and O–H groups in total. The topological polar surface area (TPSA) is 40.2 Å². The quantitative estimate of drug-likeness (QED) is 0.687. The lowest BCUT2D eigenvalue weighted by Crippen LogP contribution is -2.53. The van der Waals surface area contributed by atoms with Crippen molar-refractivity contribution in [3.8, 4) is 5.75 Å². The summed E-state index contributed by atoms with van der Waals surface area (Å²) in [5, 5.41) is 0. The monoisotopic (exact) mass is 323 g/mol. The third-order valence-electron chi connectivity index (χ3n) is 3.82. The number of hydrogen-bond donors (Lipinski definition) is 0. The molecule has 0 unspecified atom stereocenters. The molecule has 1 heterocycles. The van der Waals surface area contributed by atoms with E-state index in [-0.39, 0.29) is 11.7 Å². The lowest BCUT2D eigenvalue weighted by atomic mass is 10.0. The zero-order chi connectivity index (χ0) is 16.7. The van der Waals surface area contributed by atoms with Gasteiger partial charge in [-0.2, -0.15) is 0 Å². The molecule has 5 nitrogen and oxygen atoms in total. The highest BCUT2D eigenvalue weighted by atomic mass is 16.5. The molecule has 130 valence electrons. The molecule has 23 heavy (non-hydrogen) atoms. The lowest BCUT2D eigenvalue weighted by molar-refractivity contribution is -0.154. The fourth-order valence-electron chi connectivity index (χ4n) is 3.06. The number of nitrogens with zero attached hydrogens (tertiary/aromatic N) is 1. The summed E-state index contributed by atoms with van der Waals surface area (Å²) in [6.07, 6.45) is 0.102. The van der Waals surface area contributed by atoms with Crippen LogP contribution in [0.25, 0.3) is 0 Å². The lowest BCUT2D eigenvalue weighted by Gasteiger charge is -2.42. The molecular formula is C18H29NO4. The Morgan fingerprint density at radius 3 is 2.70 bits per heavy atom. The fourth-order valence-corrected chi connectivity index (χ4v) is 3.06. The van der Waals surface area contributed by atoms with Crippen LogP contribution in [-0.4, -0.2) is 63.7 Å². The molecule has 1 saturated heterocycles. The number of para-hydroxylation sites is 1. The molecule has 2 rings (SSSR count). The standard InChI is InChI=1S/C18H29NO4/c1-18(2)14-19(12-16(23-18)13-21-4)11-15-7-5-6-8-17(15)22-10-9-20-3/h5-8,16H,9-14H2,1-4H3/t16-/m1/s1. The normalized spacial score (nSPS) is 21.3. The zero-order valence-corrected chi connectivity index (χ0v) is 14.7. The van der Waals surface area contributed by atoms with E-state index < -0.39 is 0 Å². The first-order valence-corrected chi connectivity index (χ1v) is 8.13. The van der Waals surface area contributed by atoms with Crippen molar-refractivity contribution in [3.05, 3.63) is 29.8 Å². The third kappa shape index (κ3) is 5.77. The van der Waals surface area contributed by atoms with E-state index in [9.17, 15) is 0 Å². The second-order valence-electron chi connectivity index (χ2n) is 6.57. The summed E-state index contributed by atoms with van der Waals surface area (Å²) in [5.74, 6) is 0.928. The Morgan fingerprint density at radius 2 is 1.96 bits per heavy atom. The van der Waals surface area contributed by atoms with Crippen LogP contribution in [0.3, 0.4) is 0 Å². The molecule has 0 saturated carbocycles. The van der Waals surface area contributed by atoms with E-state index in [1.165, 1.54) is 5.56 Å². The SMILES string of the molecule is COCCOc1ccccc1CN1C[C@H](COC)OC(C)(C)C1. The molecule has 1 aromatic rings. The van der Waals surface area contributed by atoms with Crippen molar-refractivity contribution < 1.29 is 18.9 Å². The Kier molecular flexibility index (Phi) is 6.84. The van der Waals surface area contributed by atoms with Gasteiger partial charge in [0, 0.05) is 39.4 Å². The first-order chi connectivity index (χ1) is 11.0. The van der Waals surface area contributed by atoms with Crippen LogP contribution in [0, 0.1) is 0 Å². The molecule has 5 heteroatoms. The van der Waals surface area contributed by atoms with Gasteiger partial charge in [0.1, 0.15) is 12.4 Å². The number of rotatable bonds is 8. The molecular weight excluding hydrogens is 294 g/mol. The minimum Gasteiger partial charge on any atom is -0.491 e. The molecule has 0 spiro atoms. The Labute approximate surface area is 139 Å². The third-order valence-corrected chi connectivity index (χ3v) is 3.82. The first-order valence-electron chi connectivity index (χ1n) is 8.13. The maximum Gasteiger partial charge on any atom is 0.123 e. The van der Waals surface area contributed by atoms with Crippen molar-refractivity contribution in [1.29, 1.82) is 0 Å². The van der Waals surface area contributed by atoms with Crippen LogP contribution in [0.4, 0.5) is 0 Å². The highest BCUT2D eigenvalue weighted by Crippen LogP contribution is 2.25. The van der Waals surface area contributed by atoms with Crippen LogP contribution in [0.15, 0.2) is 24.3 Å². The van der Waals surface area contributed by atoms with Crippen LogP contribution >= 0.6 is 0 Å². The van der Waals surface area contributed by atoms with E-state index in [2.05, 4.69) is 30.9 Å². The van der Waals surface area contributed by atoms with Crippen LogP contribution in [0.2, 0.25) is 0 Å². The summed E-state index contributed by atoms with van der Waals surface area (Å²) in [4.78, 5) is 2.41. The average molecular weight is 323 g/mol. The molecule has 0 aromatic heterocycles. The molecule has 1 aliphatic rings. The van der Waals surface area contributed by atoms with Crippen molar-refractivity contribution in [2.45, 2.75) is 32.1 Å². The summed E-state index contributed by atoms with van der Waals surface area (Å²) >= 11 is 0. The number of morpholine rings is 1. The number of methoxy groups -OCH3 is 2. The Morgan fingerprint density at radius 1 is 1.17 bits per heavy atom. The van der Waals surface area contributed by atoms with Gasteiger partial charge in [-0.3, -0.25) is 4.90 Å². The fraction of sp³-hybridized carbons (Fsp3) is 0.667. The van der Waals surface area contributed by atoms with Gasteiger partial charge in [0.05, 0.1) is 24.9 Å². The molecule has 1 fully saturated rings. The number of hydrogen-bond acceptors (Lipinski definition) is 5. The Balaban J connectivity index is 2.02. The van der Waals surface area contributed by atoms with Gasteiger partial charge in [0.15, 0.2) is 0 Å². The molecule has 0 amide bonds. The summed E-state index contributed by atoms with van der Waals surface area (Å²) in [6.45, 7) is 8.63. The van der Waals surface area contributed by atoms with E-state index in [1.807, 2.05) is 12.1 Å². The van der Waals surface area contributed by atoms with Gasteiger partial charge >= 0.3 is 0 Å². The average Bonchev–Trinajstić information content (AvgIpc) is 2.48. The van der Waals surface area contributed by atoms with E-state index in [0.29, 0.717) is 19.8 Å². The van der Waals surface area contributed by atoms with Gasteiger partial charge in [-0.15, -0.1) is 0 Å². The van der Waals surface area contributed by atoms with Gasteiger partial charge in [-0.05, 0) is 19.9 Å². The van der Waals surface area contributed by atoms with Crippen LogP contribution in [0.1, 0.15) is 19.4 Å². The highest BCUT2D eigenvalue weighted by molar-refractivity contribution is 5.33. The second kappa shape index (κ2) is 8.64. The summed E-state index contributed by atoms with van der Waals surface area (Å²) in [6, 6.07) is 8.19. The van der Waals surface area contributed by atoms with Gasteiger partial charge in [-0.25, -0.2) is 0 Å². The summed E-state index contributed by atoms with van der Waals surface area (Å²) < 4.78 is 22.2. The Bertz CT molecular complexity index is 478. The maximum absolute atomic E-state index is 6.08. The minimum absolute atomic E-state index is 0.102. The van der Waals surface area contributed by atoms with Gasteiger partial charge in [0.2, 0.25) is 0 Å². The molecule has 0 bridgehead atoms. The van der Waals surface area contributed by atoms with Gasteiger partial charge in [-0.1, -0.05) is 18.2 Å². The summed E-state index contributed by atoms with van der Waals surface area (Å²) in [7, 11) is 3.40. The van der Waals surface area contributed by atoms with Crippen molar-refractivity contribution in [2.75, 3.05) is 47.1 Å².